The van der Waals surface area contributed by atoms with Crippen LogP contribution in [0.2, 0.25) is 0 Å². The number of esters is 1. The Morgan fingerprint density at radius 1 is 1.09 bits per heavy atom. The van der Waals surface area contributed by atoms with Gasteiger partial charge in [0.25, 0.3) is 0 Å². The molecule has 2 aromatic rings. The van der Waals surface area contributed by atoms with Crippen molar-refractivity contribution in [1.29, 1.82) is 0 Å². The molecule has 0 saturated carbocycles. The van der Waals surface area contributed by atoms with E-state index in [-0.39, 0.29) is 12.6 Å². The normalized spacial score (nSPS) is 18.3. The van der Waals surface area contributed by atoms with Crippen molar-refractivity contribution in [3.8, 4) is 11.5 Å². The van der Waals surface area contributed by atoms with Crippen molar-refractivity contribution in [3.05, 3.63) is 77.0 Å². The first-order valence-electron chi connectivity index (χ1n) is 11.7. The quantitative estimate of drug-likeness (QED) is 0.564. The van der Waals surface area contributed by atoms with Gasteiger partial charge in [0.05, 0.1) is 32.4 Å². The van der Waals surface area contributed by atoms with Crippen LogP contribution in [0.1, 0.15) is 30.5 Å². The Labute approximate surface area is 205 Å². The molecular weight excluding hydrogens is 446 g/mol. The first kappa shape index (κ1) is 24.3. The Hall–Kier alpha value is -3.78. The van der Waals surface area contributed by atoms with Crippen LogP contribution in [0.5, 0.6) is 11.5 Å². The molecule has 0 fully saturated rings. The summed E-state index contributed by atoms with van der Waals surface area (Å²) in [7, 11) is 3.10. The minimum Gasteiger partial charge on any atom is -0.493 e. The van der Waals surface area contributed by atoms with Gasteiger partial charge in [0.1, 0.15) is 0 Å². The number of hydrogen-bond donors (Lipinski definition) is 2. The first-order valence-corrected chi connectivity index (χ1v) is 11.7. The molecule has 0 bridgehead atoms. The van der Waals surface area contributed by atoms with Crippen LogP contribution in [0.15, 0.2) is 65.9 Å². The molecule has 0 aromatic heterocycles. The number of carbonyl (C=O) groups excluding carboxylic acids is 2. The smallest absolute Gasteiger partial charge is 0.338 e. The molecule has 2 aliphatic rings. The van der Waals surface area contributed by atoms with Crippen molar-refractivity contribution < 1.29 is 23.8 Å². The zero-order valence-electron chi connectivity index (χ0n) is 20.3. The molecule has 4 rings (SSSR count). The van der Waals surface area contributed by atoms with E-state index in [1.54, 1.807) is 33.3 Å². The molecule has 2 N–H and O–H groups in total. The molecule has 184 valence electrons. The highest BCUT2D eigenvalue weighted by atomic mass is 16.5. The van der Waals surface area contributed by atoms with E-state index in [0.717, 1.165) is 13.0 Å². The molecule has 0 saturated heterocycles. The van der Waals surface area contributed by atoms with Crippen LogP contribution in [-0.4, -0.2) is 57.4 Å². The fraction of sp³-hybridized carbons (Fsp3) is 0.333. The lowest BCUT2D eigenvalue weighted by molar-refractivity contribution is -0.139. The predicted molar refractivity (Wildman–Crippen MR) is 133 cm³/mol. The van der Waals surface area contributed by atoms with Crippen LogP contribution < -0.4 is 20.1 Å². The van der Waals surface area contributed by atoms with Crippen molar-refractivity contribution in [2.45, 2.75) is 19.4 Å². The summed E-state index contributed by atoms with van der Waals surface area (Å²) in [5, 5.41) is 5.73. The van der Waals surface area contributed by atoms with Crippen molar-refractivity contribution >= 4 is 17.6 Å². The molecule has 0 aliphatic carbocycles. The molecule has 2 amide bonds. The number of rotatable bonds is 8. The van der Waals surface area contributed by atoms with E-state index in [0.29, 0.717) is 41.4 Å². The summed E-state index contributed by atoms with van der Waals surface area (Å²) < 4.78 is 16.2. The van der Waals surface area contributed by atoms with Gasteiger partial charge in [0.15, 0.2) is 11.5 Å². The van der Waals surface area contributed by atoms with Crippen LogP contribution in [0.3, 0.4) is 0 Å². The van der Waals surface area contributed by atoms with Crippen LogP contribution in [-0.2, 0) is 9.53 Å². The average Bonchev–Trinajstić information content (AvgIpc) is 2.89. The van der Waals surface area contributed by atoms with Gasteiger partial charge in [-0.05, 0) is 42.2 Å². The number of methoxy groups -OCH3 is 2. The number of nitrogens with zero attached hydrogens (tertiary/aromatic N) is 1. The minimum atomic E-state index is -0.683. The minimum absolute atomic E-state index is 0.231. The van der Waals surface area contributed by atoms with Gasteiger partial charge in [-0.25, -0.2) is 9.59 Å². The van der Waals surface area contributed by atoms with Gasteiger partial charge in [0, 0.05) is 25.3 Å². The van der Waals surface area contributed by atoms with Gasteiger partial charge in [-0.3, -0.25) is 4.90 Å². The van der Waals surface area contributed by atoms with Crippen molar-refractivity contribution in [1.82, 2.24) is 15.5 Å². The van der Waals surface area contributed by atoms with E-state index < -0.39 is 12.0 Å². The summed E-state index contributed by atoms with van der Waals surface area (Å²) in [6.07, 6.45) is 3.09. The summed E-state index contributed by atoms with van der Waals surface area (Å²) in [5.41, 5.74) is 4.16. The SMILES string of the molecule is CCOC(=O)C1=C(CN2CC=C(c3ccccc3)CC2)NC(=O)N[C@@H]1c1ccc(OC)c(OC)c1. The monoisotopic (exact) mass is 477 g/mol. The maximum atomic E-state index is 13.1. The number of benzene rings is 2. The maximum absolute atomic E-state index is 13.1. The number of ether oxygens (including phenoxy) is 3. The van der Waals surface area contributed by atoms with Crippen molar-refractivity contribution in [3.63, 3.8) is 0 Å². The Balaban J connectivity index is 1.64. The standard InChI is InChI=1S/C27H31N3O5/c1-4-35-26(31)24-21(17-30-14-12-19(13-15-30)18-8-6-5-7-9-18)28-27(32)29-25(24)20-10-11-22(33-2)23(16-20)34-3/h5-12,16,25H,4,13-15,17H2,1-3H3,(H2,28,29,32)/t25-/m1/s1. The summed E-state index contributed by atoms with van der Waals surface area (Å²) in [5.74, 6) is 0.609. The molecule has 0 radical (unpaired) electrons. The predicted octanol–water partition coefficient (Wildman–Crippen LogP) is 3.66. The molecule has 8 nitrogen and oxygen atoms in total. The highest BCUT2D eigenvalue weighted by molar-refractivity contribution is 5.95. The number of nitrogens with one attached hydrogen (secondary N) is 2. The van der Waals surface area contributed by atoms with E-state index in [1.807, 2.05) is 24.3 Å². The van der Waals surface area contributed by atoms with Crippen LogP contribution in [0.25, 0.3) is 5.57 Å². The fourth-order valence-electron chi connectivity index (χ4n) is 4.47. The average molecular weight is 478 g/mol. The third-order valence-corrected chi connectivity index (χ3v) is 6.21. The van der Waals surface area contributed by atoms with E-state index in [9.17, 15) is 9.59 Å². The topological polar surface area (TPSA) is 89.1 Å². The molecule has 35 heavy (non-hydrogen) atoms. The third kappa shape index (κ3) is 5.49. The highest BCUT2D eigenvalue weighted by Gasteiger charge is 2.35. The van der Waals surface area contributed by atoms with E-state index in [2.05, 4.69) is 33.7 Å². The summed E-state index contributed by atoms with van der Waals surface area (Å²) in [6.45, 7) is 3.94. The molecule has 0 unspecified atom stereocenters. The largest absolute Gasteiger partial charge is 0.493 e. The Morgan fingerprint density at radius 3 is 2.51 bits per heavy atom. The molecular formula is C27H31N3O5. The van der Waals surface area contributed by atoms with Gasteiger partial charge in [0.2, 0.25) is 0 Å². The number of carbonyl (C=O) groups is 2. The van der Waals surface area contributed by atoms with Gasteiger partial charge >= 0.3 is 12.0 Å². The van der Waals surface area contributed by atoms with Crippen molar-refractivity contribution in [2.24, 2.45) is 0 Å². The molecule has 1 atom stereocenters. The molecule has 0 spiro atoms. The zero-order chi connectivity index (χ0) is 24.8. The second-order valence-corrected chi connectivity index (χ2v) is 8.34. The van der Waals surface area contributed by atoms with E-state index >= 15 is 0 Å². The van der Waals surface area contributed by atoms with Crippen LogP contribution >= 0.6 is 0 Å². The zero-order valence-corrected chi connectivity index (χ0v) is 20.3. The van der Waals surface area contributed by atoms with Gasteiger partial charge in [-0.15, -0.1) is 0 Å². The second-order valence-electron chi connectivity index (χ2n) is 8.34. The van der Waals surface area contributed by atoms with Gasteiger partial charge in [-0.2, -0.15) is 0 Å². The maximum Gasteiger partial charge on any atom is 0.338 e. The van der Waals surface area contributed by atoms with Gasteiger partial charge in [-0.1, -0.05) is 42.5 Å². The van der Waals surface area contributed by atoms with Crippen molar-refractivity contribution in [2.75, 3.05) is 40.5 Å². The van der Waals surface area contributed by atoms with E-state index in [4.69, 9.17) is 14.2 Å². The third-order valence-electron chi connectivity index (χ3n) is 6.21. The number of amides is 2. The molecule has 2 heterocycles. The lowest BCUT2D eigenvalue weighted by Gasteiger charge is -2.33. The molecule has 2 aliphatic heterocycles. The lowest BCUT2D eigenvalue weighted by Crippen LogP contribution is -2.48. The second kappa shape index (κ2) is 11.1. The number of hydrogen-bond acceptors (Lipinski definition) is 6. The summed E-state index contributed by atoms with van der Waals surface area (Å²) in [4.78, 5) is 27.9. The fourth-order valence-corrected chi connectivity index (χ4v) is 4.47. The summed E-state index contributed by atoms with van der Waals surface area (Å²) >= 11 is 0. The molecule has 2 aromatic carbocycles. The lowest BCUT2D eigenvalue weighted by atomic mass is 9.94. The Bertz CT molecular complexity index is 1140. The highest BCUT2D eigenvalue weighted by Crippen LogP contribution is 2.35. The van der Waals surface area contributed by atoms with Gasteiger partial charge < -0.3 is 24.8 Å². The Kier molecular flexibility index (Phi) is 7.72. The molecule has 8 heteroatoms. The first-order chi connectivity index (χ1) is 17.0. The number of urea groups is 1. The Morgan fingerprint density at radius 2 is 1.86 bits per heavy atom. The van der Waals surface area contributed by atoms with Crippen LogP contribution in [0.4, 0.5) is 4.79 Å². The van der Waals surface area contributed by atoms with E-state index in [1.165, 1.54) is 11.1 Å². The van der Waals surface area contributed by atoms with Crippen LogP contribution in [0, 0.1) is 0 Å². The summed E-state index contributed by atoms with van der Waals surface area (Å²) in [6, 6.07) is 14.6.